The molecule has 1 aromatic carbocycles. The van der Waals surface area contributed by atoms with Crippen LogP contribution in [-0.4, -0.2) is 60.1 Å². The number of hydrogen-bond donors (Lipinski definition) is 0. The molecule has 0 N–H and O–H groups in total. The van der Waals surface area contributed by atoms with Crippen LogP contribution in [0.1, 0.15) is 32.3 Å². The first-order valence-electron chi connectivity index (χ1n) is 11.0. The van der Waals surface area contributed by atoms with Crippen molar-refractivity contribution in [3.8, 4) is 11.5 Å². The Balaban J connectivity index is 1.33. The molecule has 0 unspecified atom stereocenters. The van der Waals surface area contributed by atoms with Gasteiger partial charge in [-0.05, 0) is 49.1 Å². The van der Waals surface area contributed by atoms with Gasteiger partial charge in [0.05, 0.1) is 23.2 Å². The molecule has 0 saturated carbocycles. The summed E-state index contributed by atoms with van der Waals surface area (Å²) in [5.74, 6) is 1.84. The number of ether oxygens (including phenoxy) is 2. The lowest BCUT2D eigenvalue weighted by Gasteiger charge is -2.34. The first-order chi connectivity index (χ1) is 16.5. The summed E-state index contributed by atoms with van der Waals surface area (Å²) in [4.78, 5) is 29.4. The normalized spacial score (nSPS) is 14.0. The second-order valence-corrected chi connectivity index (χ2v) is 8.88. The van der Waals surface area contributed by atoms with Crippen molar-refractivity contribution in [3.05, 3.63) is 69.2 Å². The molecule has 3 heterocycles. The lowest BCUT2D eigenvalue weighted by atomic mass is 10.1. The molecular formula is C25H27N3O5S. The van der Waals surface area contributed by atoms with E-state index in [1.807, 2.05) is 49.6 Å². The highest BCUT2D eigenvalue weighted by Gasteiger charge is 2.24. The summed E-state index contributed by atoms with van der Waals surface area (Å²) in [7, 11) is 1.58. The van der Waals surface area contributed by atoms with Gasteiger partial charge >= 0.3 is 0 Å². The number of aromatic nitrogens is 1. The maximum atomic E-state index is 12.7. The number of hydrogen-bond acceptors (Lipinski definition) is 7. The smallest absolute Gasteiger partial charge is 0.264 e. The molecule has 0 radical (unpaired) electrons. The van der Waals surface area contributed by atoms with E-state index < -0.39 is 0 Å². The van der Waals surface area contributed by atoms with Crippen LogP contribution in [0.5, 0.6) is 11.5 Å². The Kier molecular flexibility index (Phi) is 7.32. The molecule has 1 aliphatic heterocycles. The van der Waals surface area contributed by atoms with Crippen LogP contribution >= 0.6 is 11.3 Å². The molecule has 0 bridgehead atoms. The van der Waals surface area contributed by atoms with E-state index in [2.05, 4.69) is 5.16 Å². The number of rotatable bonds is 7. The Hall–Kier alpha value is -3.59. The standard InChI is InChI=1S/C25H27N3O5S/c1-17-20(18(2)33-26-17)16-32-21-8-6-19(15-22(21)31-3)7-9-24(29)27-10-12-28(13-11-27)25(30)23-5-4-14-34-23/h4-9,14-15H,10-13,16H2,1-3H3/b9-7+. The second-order valence-electron chi connectivity index (χ2n) is 7.93. The van der Waals surface area contributed by atoms with E-state index in [0.717, 1.165) is 27.5 Å². The minimum Gasteiger partial charge on any atom is -0.493 e. The van der Waals surface area contributed by atoms with Gasteiger partial charge in [0.2, 0.25) is 5.91 Å². The van der Waals surface area contributed by atoms with Crippen molar-refractivity contribution >= 4 is 29.2 Å². The van der Waals surface area contributed by atoms with Crippen LogP contribution in [-0.2, 0) is 11.4 Å². The van der Waals surface area contributed by atoms with Crippen molar-refractivity contribution in [1.82, 2.24) is 15.0 Å². The molecule has 1 aliphatic rings. The summed E-state index contributed by atoms with van der Waals surface area (Å²) < 4.78 is 16.6. The third-order valence-electron chi connectivity index (χ3n) is 5.77. The summed E-state index contributed by atoms with van der Waals surface area (Å²) in [6.07, 6.45) is 3.31. The van der Waals surface area contributed by atoms with Crippen LogP contribution < -0.4 is 9.47 Å². The molecule has 3 aromatic rings. The fourth-order valence-electron chi connectivity index (χ4n) is 3.72. The number of nitrogens with zero attached hydrogens (tertiary/aromatic N) is 3. The Morgan fingerprint density at radius 2 is 1.88 bits per heavy atom. The predicted molar refractivity (Wildman–Crippen MR) is 129 cm³/mol. The van der Waals surface area contributed by atoms with Crippen LogP contribution in [0, 0.1) is 13.8 Å². The van der Waals surface area contributed by atoms with E-state index in [1.54, 1.807) is 29.1 Å². The highest BCUT2D eigenvalue weighted by molar-refractivity contribution is 7.12. The van der Waals surface area contributed by atoms with Crippen molar-refractivity contribution in [2.24, 2.45) is 0 Å². The third-order valence-corrected chi connectivity index (χ3v) is 6.63. The van der Waals surface area contributed by atoms with Gasteiger partial charge in [-0.1, -0.05) is 17.3 Å². The van der Waals surface area contributed by atoms with Gasteiger partial charge in [0.25, 0.3) is 5.91 Å². The lowest BCUT2D eigenvalue weighted by molar-refractivity contribution is -0.127. The first-order valence-corrected chi connectivity index (χ1v) is 11.9. The van der Waals surface area contributed by atoms with Gasteiger partial charge in [0.1, 0.15) is 12.4 Å². The molecular weight excluding hydrogens is 454 g/mol. The van der Waals surface area contributed by atoms with E-state index in [-0.39, 0.29) is 11.8 Å². The number of aryl methyl sites for hydroxylation is 2. The fourth-order valence-corrected chi connectivity index (χ4v) is 4.41. The van der Waals surface area contributed by atoms with Crippen LogP contribution in [0.15, 0.2) is 46.3 Å². The molecule has 0 spiro atoms. The van der Waals surface area contributed by atoms with Gasteiger partial charge in [-0.2, -0.15) is 0 Å². The van der Waals surface area contributed by atoms with Crippen molar-refractivity contribution in [3.63, 3.8) is 0 Å². The zero-order chi connectivity index (χ0) is 24.1. The summed E-state index contributed by atoms with van der Waals surface area (Å²) >= 11 is 1.44. The molecule has 1 fully saturated rings. The molecule has 0 atom stereocenters. The van der Waals surface area contributed by atoms with Gasteiger partial charge < -0.3 is 23.8 Å². The molecule has 9 heteroatoms. The Morgan fingerprint density at radius 3 is 2.53 bits per heavy atom. The van der Waals surface area contributed by atoms with E-state index in [4.69, 9.17) is 14.0 Å². The number of thiophene rings is 1. The van der Waals surface area contributed by atoms with Crippen LogP contribution in [0.25, 0.3) is 6.08 Å². The number of piperazine rings is 1. The summed E-state index contributed by atoms with van der Waals surface area (Å²) in [6, 6.07) is 9.20. The maximum Gasteiger partial charge on any atom is 0.264 e. The van der Waals surface area contributed by atoms with Crippen molar-refractivity contribution in [1.29, 1.82) is 0 Å². The summed E-state index contributed by atoms with van der Waals surface area (Å²) in [5, 5.41) is 5.83. The summed E-state index contributed by atoms with van der Waals surface area (Å²) in [6.45, 7) is 6.13. The Labute approximate surface area is 202 Å². The molecule has 1 saturated heterocycles. The number of amides is 2. The summed E-state index contributed by atoms with van der Waals surface area (Å²) in [5.41, 5.74) is 2.53. The second kappa shape index (κ2) is 10.6. The number of carbonyl (C=O) groups excluding carboxylic acids is 2. The highest BCUT2D eigenvalue weighted by atomic mass is 32.1. The predicted octanol–water partition coefficient (Wildman–Crippen LogP) is 3.94. The Morgan fingerprint density at radius 1 is 1.12 bits per heavy atom. The van der Waals surface area contributed by atoms with E-state index >= 15 is 0 Å². The highest BCUT2D eigenvalue weighted by Crippen LogP contribution is 2.30. The minimum atomic E-state index is -0.0825. The molecule has 4 rings (SSSR count). The van der Waals surface area contributed by atoms with Gasteiger partial charge in [-0.3, -0.25) is 9.59 Å². The number of methoxy groups -OCH3 is 1. The monoisotopic (exact) mass is 481 g/mol. The maximum absolute atomic E-state index is 12.7. The molecule has 178 valence electrons. The van der Waals surface area contributed by atoms with E-state index in [9.17, 15) is 9.59 Å². The van der Waals surface area contributed by atoms with Crippen molar-refractivity contribution in [2.75, 3.05) is 33.3 Å². The van der Waals surface area contributed by atoms with E-state index in [0.29, 0.717) is 44.3 Å². The number of benzene rings is 1. The number of carbonyl (C=O) groups is 2. The molecule has 0 aliphatic carbocycles. The molecule has 34 heavy (non-hydrogen) atoms. The van der Waals surface area contributed by atoms with Crippen LogP contribution in [0.2, 0.25) is 0 Å². The minimum absolute atomic E-state index is 0.0291. The SMILES string of the molecule is COc1cc(/C=C/C(=O)N2CCN(C(=O)c3cccs3)CC2)ccc1OCc1c(C)noc1C. The van der Waals surface area contributed by atoms with Gasteiger partial charge in [0.15, 0.2) is 11.5 Å². The zero-order valence-corrected chi connectivity index (χ0v) is 20.3. The third kappa shape index (κ3) is 5.31. The van der Waals surface area contributed by atoms with Crippen LogP contribution in [0.4, 0.5) is 0 Å². The van der Waals surface area contributed by atoms with Gasteiger partial charge in [-0.25, -0.2) is 0 Å². The zero-order valence-electron chi connectivity index (χ0n) is 19.4. The molecule has 8 nitrogen and oxygen atoms in total. The van der Waals surface area contributed by atoms with Crippen molar-refractivity contribution < 1.29 is 23.6 Å². The lowest BCUT2D eigenvalue weighted by Crippen LogP contribution is -2.50. The quantitative estimate of drug-likeness (QED) is 0.475. The van der Waals surface area contributed by atoms with Crippen molar-refractivity contribution in [2.45, 2.75) is 20.5 Å². The first kappa shape index (κ1) is 23.6. The van der Waals surface area contributed by atoms with Crippen LogP contribution in [0.3, 0.4) is 0 Å². The molecule has 2 amide bonds. The Bertz CT molecular complexity index is 1160. The van der Waals surface area contributed by atoms with Gasteiger partial charge in [0, 0.05) is 32.3 Å². The average Bonchev–Trinajstić information content (AvgIpc) is 3.51. The molecule has 2 aromatic heterocycles. The largest absolute Gasteiger partial charge is 0.493 e. The van der Waals surface area contributed by atoms with Gasteiger partial charge in [-0.15, -0.1) is 11.3 Å². The average molecular weight is 482 g/mol. The fraction of sp³-hybridized carbons (Fsp3) is 0.320. The topological polar surface area (TPSA) is 85.1 Å². The van der Waals surface area contributed by atoms with E-state index in [1.165, 1.54) is 11.3 Å².